The van der Waals surface area contributed by atoms with E-state index in [1.54, 1.807) is 24.3 Å². The monoisotopic (exact) mass is 344 g/mol. The van der Waals surface area contributed by atoms with E-state index in [9.17, 15) is 14.4 Å². The first kappa shape index (κ1) is 19.7. The SMILES string of the molecule is CC(C)CC(NC(=O)/C(C#N)=C\Nc1ccccc1C(N)=O)C(=O)O. The van der Waals surface area contributed by atoms with Gasteiger partial charge in [0.2, 0.25) is 0 Å². The molecule has 1 aromatic carbocycles. The average Bonchev–Trinajstić information content (AvgIpc) is 2.54. The van der Waals surface area contributed by atoms with Crippen LogP contribution in [0.1, 0.15) is 30.6 Å². The zero-order valence-corrected chi connectivity index (χ0v) is 13.9. The van der Waals surface area contributed by atoms with Gasteiger partial charge in [-0.05, 0) is 24.5 Å². The second kappa shape index (κ2) is 9.08. The number of carbonyl (C=O) groups is 3. The van der Waals surface area contributed by atoms with Crippen molar-refractivity contribution in [2.24, 2.45) is 11.7 Å². The number of rotatable bonds is 8. The Morgan fingerprint density at radius 2 is 1.96 bits per heavy atom. The minimum Gasteiger partial charge on any atom is -0.480 e. The molecule has 0 aliphatic carbocycles. The van der Waals surface area contributed by atoms with Crippen LogP contribution in [0.3, 0.4) is 0 Å². The molecule has 0 radical (unpaired) electrons. The molecule has 0 saturated carbocycles. The van der Waals surface area contributed by atoms with Crippen molar-refractivity contribution in [3.05, 3.63) is 41.6 Å². The Kier molecular flexibility index (Phi) is 7.16. The standard InChI is InChI=1S/C17H20N4O4/c1-10(2)7-14(17(24)25)21-16(23)11(8-18)9-20-13-6-4-3-5-12(13)15(19)22/h3-6,9-10,14,20H,7H2,1-2H3,(H2,19,22)(H,21,23)(H,24,25)/b11-9-. The number of benzene rings is 1. The van der Waals surface area contributed by atoms with E-state index < -0.39 is 23.8 Å². The molecule has 1 aromatic rings. The van der Waals surface area contributed by atoms with Crippen molar-refractivity contribution < 1.29 is 19.5 Å². The van der Waals surface area contributed by atoms with Crippen molar-refractivity contribution in [3.63, 3.8) is 0 Å². The number of para-hydroxylation sites is 1. The molecule has 132 valence electrons. The van der Waals surface area contributed by atoms with Gasteiger partial charge in [-0.2, -0.15) is 5.26 Å². The summed E-state index contributed by atoms with van der Waals surface area (Å²) in [4.78, 5) is 34.7. The summed E-state index contributed by atoms with van der Waals surface area (Å²) in [6.07, 6.45) is 1.34. The number of nitrogens with one attached hydrogen (secondary N) is 2. The van der Waals surface area contributed by atoms with Crippen molar-refractivity contribution >= 4 is 23.5 Å². The Hall–Kier alpha value is -3.34. The molecule has 0 heterocycles. The van der Waals surface area contributed by atoms with Gasteiger partial charge < -0.3 is 21.5 Å². The summed E-state index contributed by atoms with van der Waals surface area (Å²) in [6, 6.07) is 6.92. The fraction of sp³-hybridized carbons (Fsp3) is 0.294. The highest BCUT2D eigenvalue weighted by molar-refractivity contribution is 6.01. The Bertz CT molecular complexity index is 734. The van der Waals surface area contributed by atoms with E-state index in [2.05, 4.69) is 10.6 Å². The van der Waals surface area contributed by atoms with Crippen molar-refractivity contribution in [1.82, 2.24) is 5.32 Å². The lowest BCUT2D eigenvalue weighted by Gasteiger charge is -2.16. The molecule has 0 aliphatic heterocycles. The van der Waals surface area contributed by atoms with E-state index in [1.807, 2.05) is 13.8 Å². The quantitative estimate of drug-likeness (QED) is 0.412. The lowest BCUT2D eigenvalue weighted by molar-refractivity contribution is -0.141. The molecule has 1 unspecified atom stereocenters. The predicted molar refractivity (Wildman–Crippen MR) is 91.3 cm³/mol. The van der Waals surface area contributed by atoms with Crippen LogP contribution >= 0.6 is 0 Å². The molecule has 0 saturated heterocycles. The number of anilines is 1. The molecule has 8 nitrogen and oxygen atoms in total. The van der Waals surface area contributed by atoms with Crippen LogP contribution in [0.5, 0.6) is 0 Å². The lowest BCUT2D eigenvalue weighted by atomic mass is 10.0. The Morgan fingerprint density at radius 1 is 1.32 bits per heavy atom. The van der Waals surface area contributed by atoms with Gasteiger partial charge in [0.25, 0.3) is 11.8 Å². The molecule has 8 heteroatoms. The molecule has 0 spiro atoms. The summed E-state index contributed by atoms with van der Waals surface area (Å²) in [5, 5.41) is 23.3. The largest absolute Gasteiger partial charge is 0.480 e. The number of hydrogen-bond acceptors (Lipinski definition) is 5. The third-order valence-electron chi connectivity index (χ3n) is 3.24. The van der Waals surface area contributed by atoms with E-state index in [0.29, 0.717) is 5.69 Å². The van der Waals surface area contributed by atoms with Crippen LogP contribution in [0.4, 0.5) is 5.69 Å². The number of primary amides is 1. The number of carboxylic acid groups (broad SMARTS) is 1. The summed E-state index contributed by atoms with van der Waals surface area (Å²) in [7, 11) is 0. The van der Waals surface area contributed by atoms with Crippen molar-refractivity contribution in [1.29, 1.82) is 5.26 Å². The van der Waals surface area contributed by atoms with Crippen LogP contribution in [0.25, 0.3) is 0 Å². The van der Waals surface area contributed by atoms with Gasteiger partial charge in [-0.15, -0.1) is 0 Å². The first-order valence-corrected chi connectivity index (χ1v) is 7.55. The van der Waals surface area contributed by atoms with Gasteiger partial charge in [-0.3, -0.25) is 9.59 Å². The topological polar surface area (TPSA) is 145 Å². The summed E-state index contributed by atoms with van der Waals surface area (Å²) in [5.74, 6) is -2.61. The predicted octanol–water partition coefficient (Wildman–Crippen LogP) is 1.22. The minimum atomic E-state index is -1.17. The first-order chi connectivity index (χ1) is 11.8. The van der Waals surface area contributed by atoms with Gasteiger partial charge in [0.15, 0.2) is 0 Å². The number of nitriles is 1. The second-order valence-corrected chi connectivity index (χ2v) is 5.72. The van der Waals surface area contributed by atoms with E-state index in [-0.39, 0.29) is 23.5 Å². The maximum atomic E-state index is 12.1. The summed E-state index contributed by atoms with van der Waals surface area (Å²) in [6.45, 7) is 3.65. The highest BCUT2D eigenvalue weighted by Gasteiger charge is 2.22. The maximum Gasteiger partial charge on any atom is 0.326 e. The molecule has 5 N–H and O–H groups in total. The van der Waals surface area contributed by atoms with Crippen LogP contribution in [0.15, 0.2) is 36.0 Å². The van der Waals surface area contributed by atoms with Crippen LogP contribution in [-0.2, 0) is 9.59 Å². The van der Waals surface area contributed by atoms with E-state index in [4.69, 9.17) is 16.1 Å². The van der Waals surface area contributed by atoms with Gasteiger partial charge in [0.1, 0.15) is 17.7 Å². The molecular formula is C17H20N4O4. The van der Waals surface area contributed by atoms with E-state index >= 15 is 0 Å². The molecular weight excluding hydrogens is 324 g/mol. The minimum absolute atomic E-state index is 0.0523. The van der Waals surface area contributed by atoms with Gasteiger partial charge in [-0.1, -0.05) is 26.0 Å². The van der Waals surface area contributed by atoms with Gasteiger partial charge in [-0.25, -0.2) is 4.79 Å². The van der Waals surface area contributed by atoms with Gasteiger partial charge >= 0.3 is 5.97 Å². The fourth-order valence-corrected chi connectivity index (χ4v) is 2.05. The third kappa shape index (κ3) is 5.99. The fourth-order valence-electron chi connectivity index (χ4n) is 2.05. The third-order valence-corrected chi connectivity index (χ3v) is 3.24. The molecule has 25 heavy (non-hydrogen) atoms. The van der Waals surface area contributed by atoms with Crippen LogP contribution < -0.4 is 16.4 Å². The van der Waals surface area contributed by atoms with Crippen molar-refractivity contribution in [2.75, 3.05) is 5.32 Å². The molecule has 0 aliphatic rings. The Balaban J connectivity index is 2.93. The van der Waals surface area contributed by atoms with E-state index in [0.717, 1.165) is 6.20 Å². The smallest absolute Gasteiger partial charge is 0.326 e. The number of nitrogens with zero attached hydrogens (tertiary/aromatic N) is 1. The van der Waals surface area contributed by atoms with Crippen molar-refractivity contribution in [2.45, 2.75) is 26.3 Å². The Morgan fingerprint density at radius 3 is 2.48 bits per heavy atom. The molecule has 0 bridgehead atoms. The normalized spacial score (nSPS) is 12.2. The van der Waals surface area contributed by atoms with E-state index in [1.165, 1.54) is 6.07 Å². The number of hydrogen-bond donors (Lipinski definition) is 4. The molecule has 0 aromatic heterocycles. The summed E-state index contributed by atoms with van der Waals surface area (Å²) in [5.41, 5.74) is 5.45. The highest BCUT2D eigenvalue weighted by atomic mass is 16.4. The van der Waals surface area contributed by atoms with Crippen LogP contribution in [0, 0.1) is 17.2 Å². The van der Waals surface area contributed by atoms with Crippen LogP contribution in [-0.4, -0.2) is 28.9 Å². The number of nitrogens with two attached hydrogens (primary N) is 1. The molecule has 1 rings (SSSR count). The van der Waals surface area contributed by atoms with Gasteiger partial charge in [0, 0.05) is 6.20 Å². The zero-order chi connectivity index (χ0) is 19.0. The van der Waals surface area contributed by atoms with Crippen molar-refractivity contribution in [3.8, 4) is 6.07 Å². The number of carboxylic acids is 1. The zero-order valence-electron chi connectivity index (χ0n) is 13.9. The summed E-state index contributed by atoms with van der Waals surface area (Å²) < 4.78 is 0. The van der Waals surface area contributed by atoms with Crippen LogP contribution in [0.2, 0.25) is 0 Å². The highest BCUT2D eigenvalue weighted by Crippen LogP contribution is 2.14. The maximum absolute atomic E-state index is 12.1. The lowest BCUT2D eigenvalue weighted by Crippen LogP contribution is -2.42. The van der Waals surface area contributed by atoms with Gasteiger partial charge in [0.05, 0.1) is 11.3 Å². The number of amides is 2. The molecule has 0 fully saturated rings. The average molecular weight is 344 g/mol. The molecule has 2 amide bonds. The second-order valence-electron chi connectivity index (χ2n) is 5.72. The number of aliphatic carboxylic acids is 1. The first-order valence-electron chi connectivity index (χ1n) is 7.55. The summed E-state index contributed by atoms with van der Waals surface area (Å²) >= 11 is 0. The molecule has 1 atom stereocenters. The number of carbonyl (C=O) groups excluding carboxylic acids is 2. The Labute approximate surface area is 145 Å².